The first kappa shape index (κ1) is 13.8. The molecule has 2 fully saturated rings. The van der Waals surface area contributed by atoms with E-state index in [2.05, 4.69) is 26.5 Å². The smallest absolute Gasteiger partial charge is 0.243 e. The van der Waals surface area contributed by atoms with E-state index in [1.54, 1.807) is 0 Å². The number of rotatable bonds is 3. The lowest BCUT2D eigenvalue weighted by molar-refractivity contribution is -0.122. The molecule has 106 valence electrons. The van der Waals surface area contributed by atoms with E-state index in [-0.39, 0.29) is 11.8 Å². The Balaban J connectivity index is 1.59. The molecule has 0 aromatic heterocycles. The molecule has 2 aliphatic rings. The molecule has 3 nitrogen and oxygen atoms in total. The molecule has 1 amide bonds. The predicted octanol–water partition coefficient (Wildman–Crippen LogP) is 3.73. The van der Waals surface area contributed by atoms with Gasteiger partial charge in [-0.15, -0.1) is 0 Å². The minimum atomic E-state index is 0.110. The Morgan fingerprint density at radius 3 is 2.40 bits per heavy atom. The van der Waals surface area contributed by atoms with Gasteiger partial charge in [0.25, 0.3) is 0 Å². The van der Waals surface area contributed by atoms with Crippen LogP contribution >= 0.6 is 15.9 Å². The van der Waals surface area contributed by atoms with E-state index in [9.17, 15) is 4.79 Å². The lowest BCUT2D eigenvalue weighted by Gasteiger charge is -2.04. The summed E-state index contributed by atoms with van der Waals surface area (Å²) in [4.78, 5) is 12.1. The van der Waals surface area contributed by atoms with Crippen LogP contribution in [0, 0.1) is 17.8 Å². The Hall–Kier alpha value is -1.16. The van der Waals surface area contributed by atoms with E-state index in [4.69, 9.17) is 0 Å². The van der Waals surface area contributed by atoms with E-state index in [1.165, 1.54) is 25.7 Å². The number of carbonyl (C=O) groups is 1. The number of carbonyl (C=O) groups excluding carboxylic acids is 1. The van der Waals surface area contributed by atoms with Gasteiger partial charge in [0, 0.05) is 10.4 Å². The van der Waals surface area contributed by atoms with Crippen LogP contribution in [0.25, 0.3) is 0 Å². The van der Waals surface area contributed by atoms with Gasteiger partial charge in [0.1, 0.15) is 0 Å². The van der Waals surface area contributed by atoms with Crippen molar-refractivity contribution in [2.45, 2.75) is 32.6 Å². The number of nitrogens with zero attached hydrogens (tertiary/aromatic N) is 1. The third kappa shape index (κ3) is 2.80. The van der Waals surface area contributed by atoms with Gasteiger partial charge >= 0.3 is 0 Å². The first-order valence-corrected chi connectivity index (χ1v) is 8.06. The molecule has 20 heavy (non-hydrogen) atoms. The van der Waals surface area contributed by atoms with Gasteiger partial charge in [0.05, 0.1) is 5.71 Å². The molecule has 0 aliphatic heterocycles. The Bertz CT molecular complexity index is 526. The van der Waals surface area contributed by atoms with Crippen molar-refractivity contribution in [1.82, 2.24) is 5.43 Å². The standard InChI is InChI=1S/C16H19BrN2O/c1-10(11-6-8-12(17)9-7-11)18-19-16(20)15-13-4-2-3-5-14(13)15/h6-9,13-15H,2-5H2,1H3,(H,19,20)/t13-,14-/m1/s1. The lowest BCUT2D eigenvalue weighted by atomic mass is 10.0. The van der Waals surface area contributed by atoms with Crippen molar-refractivity contribution in [2.75, 3.05) is 0 Å². The maximum Gasteiger partial charge on any atom is 0.243 e. The third-order valence-electron chi connectivity index (χ3n) is 4.56. The summed E-state index contributed by atoms with van der Waals surface area (Å²) >= 11 is 3.41. The minimum Gasteiger partial charge on any atom is -0.273 e. The zero-order valence-corrected chi connectivity index (χ0v) is 13.2. The van der Waals surface area contributed by atoms with Crippen LogP contribution in [0.4, 0.5) is 0 Å². The Morgan fingerprint density at radius 1 is 1.20 bits per heavy atom. The van der Waals surface area contributed by atoms with Crippen LogP contribution in [0.2, 0.25) is 0 Å². The van der Waals surface area contributed by atoms with Crippen LogP contribution < -0.4 is 5.43 Å². The Morgan fingerprint density at radius 2 is 1.80 bits per heavy atom. The quantitative estimate of drug-likeness (QED) is 0.664. The van der Waals surface area contributed by atoms with Gasteiger partial charge in [-0.25, -0.2) is 5.43 Å². The largest absolute Gasteiger partial charge is 0.273 e. The number of hydrogen-bond donors (Lipinski definition) is 1. The second kappa shape index (κ2) is 5.68. The third-order valence-corrected chi connectivity index (χ3v) is 5.08. The Kier molecular flexibility index (Phi) is 3.92. The van der Waals surface area contributed by atoms with Crippen molar-refractivity contribution in [3.63, 3.8) is 0 Å². The zero-order valence-electron chi connectivity index (χ0n) is 11.6. The number of benzene rings is 1. The van der Waals surface area contributed by atoms with Crippen molar-refractivity contribution in [1.29, 1.82) is 0 Å². The molecule has 0 radical (unpaired) electrons. The van der Waals surface area contributed by atoms with Crippen LogP contribution in [0.5, 0.6) is 0 Å². The first-order valence-electron chi connectivity index (χ1n) is 7.27. The van der Waals surface area contributed by atoms with Gasteiger partial charge in [-0.2, -0.15) is 5.10 Å². The molecule has 1 aromatic carbocycles. The fourth-order valence-corrected chi connectivity index (χ4v) is 3.61. The summed E-state index contributed by atoms with van der Waals surface area (Å²) in [5.74, 6) is 1.59. The highest BCUT2D eigenvalue weighted by Crippen LogP contribution is 2.55. The summed E-state index contributed by atoms with van der Waals surface area (Å²) in [6.45, 7) is 1.92. The van der Waals surface area contributed by atoms with Crippen LogP contribution in [0.1, 0.15) is 38.2 Å². The number of hydrazone groups is 1. The number of hydrogen-bond acceptors (Lipinski definition) is 2. The molecule has 1 N–H and O–H groups in total. The first-order chi connectivity index (χ1) is 9.66. The molecular formula is C16H19BrN2O. The average Bonchev–Trinajstić information content (AvgIpc) is 3.19. The zero-order chi connectivity index (χ0) is 14.1. The molecule has 0 bridgehead atoms. The molecule has 1 aromatic rings. The summed E-state index contributed by atoms with van der Waals surface area (Å²) < 4.78 is 1.04. The molecule has 2 atom stereocenters. The van der Waals surface area contributed by atoms with Crippen molar-refractivity contribution >= 4 is 27.5 Å². The fraction of sp³-hybridized carbons (Fsp3) is 0.500. The van der Waals surface area contributed by atoms with Gasteiger partial charge in [0.15, 0.2) is 0 Å². The van der Waals surface area contributed by atoms with Crippen LogP contribution in [-0.4, -0.2) is 11.6 Å². The van der Waals surface area contributed by atoms with Crippen LogP contribution in [0.15, 0.2) is 33.8 Å². The van der Waals surface area contributed by atoms with Crippen molar-refractivity contribution < 1.29 is 4.79 Å². The summed E-state index contributed by atoms with van der Waals surface area (Å²) in [7, 11) is 0. The monoisotopic (exact) mass is 334 g/mol. The van der Waals surface area contributed by atoms with Crippen molar-refractivity contribution in [3.8, 4) is 0 Å². The number of halogens is 1. The summed E-state index contributed by atoms with van der Waals surface area (Å²) in [6.07, 6.45) is 5.01. The normalized spacial score (nSPS) is 28.7. The van der Waals surface area contributed by atoms with E-state index >= 15 is 0 Å². The minimum absolute atomic E-state index is 0.110. The molecule has 0 unspecified atom stereocenters. The number of amides is 1. The highest BCUT2D eigenvalue weighted by molar-refractivity contribution is 9.10. The van der Waals surface area contributed by atoms with E-state index in [0.717, 1.165) is 15.7 Å². The molecule has 2 saturated carbocycles. The second-order valence-electron chi connectivity index (χ2n) is 5.82. The van der Waals surface area contributed by atoms with Gasteiger partial charge < -0.3 is 0 Å². The van der Waals surface area contributed by atoms with E-state index < -0.39 is 0 Å². The van der Waals surface area contributed by atoms with Crippen LogP contribution in [-0.2, 0) is 4.79 Å². The summed E-state index contributed by atoms with van der Waals surface area (Å²) in [5.41, 5.74) is 4.62. The van der Waals surface area contributed by atoms with Crippen molar-refractivity contribution in [2.24, 2.45) is 22.9 Å². The highest BCUT2D eigenvalue weighted by Gasteiger charge is 2.54. The highest BCUT2D eigenvalue weighted by atomic mass is 79.9. The lowest BCUT2D eigenvalue weighted by Crippen LogP contribution is -2.22. The molecule has 0 spiro atoms. The van der Waals surface area contributed by atoms with Gasteiger partial charge in [0.2, 0.25) is 5.91 Å². The van der Waals surface area contributed by atoms with Crippen LogP contribution in [0.3, 0.4) is 0 Å². The maximum atomic E-state index is 12.1. The van der Waals surface area contributed by atoms with Crippen molar-refractivity contribution in [3.05, 3.63) is 34.3 Å². The molecule has 0 saturated heterocycles. The fourth-order valence-electron chi connectivity index (χ4n) is 3.35. The maximum absolute atomic E-state index is 12.1. The number of nitrogens with one attached hydrogen (secondary N) is 1. The SMILES string of the molecule is CC(=NNC(=O)C1[C@@H]2CCCC[C@@H]12)c1ccc(Br)cc1. The number of fused-ring (bicyclic) bond motifs is 1. The van der Waals surface area contributed by atoms with E-state index in [0.29, 0.717) is 11.8 Å². The molecule has 3 rings (SSSR count). The second-order valence-corrected chi connectivity index (χ2v) is 6.73. The molecule has 0 heterocycles. The molecule has 4 heteroatoms. The molecular weight excluding hydrogens is 316 g/mol. The average molecular weight is 335 g/mol. The van der Waals surface area contributed by atoms with Gasteiger partial charge in [-0.3, -0.25) is 4.79 Å². The topological polar surface area (TPSA) is 41.5 Å². The molecule has 2 aliphatic carbocycles. The predicted molar refractivity (Wildman–Crippen MR) is 83.4 cm³/mol. The summed E-state index contributed by atoms with van der Waals surface area (Å²) in [6, 6.07) is 7.94. The van der Waals surface area contributed by atoms with Gasteiger partial charge in [-0.05, 0) is 49.3 Å². The van der Waals surface area contributed by atoms with Gasteiger partial charge in [-0.1, -0.05) is 40.9 Å². The van der Waals surface area contributed by atoms with E-state index in [1.807, 2.05) is 31.2 Å². The Labute approximate surface area is 128 Å². The summed E-state index contributed by atoms with van der Waals surface area (Å²) in [5, 5.41) is 4.24.